The van der Waals surface area contributed by atoms with Crippen LogP contribution in [0.1, 0.15) is 37.9 Å². The highest BCUT2D eigenvalue weighted by Crippen LogP contribution is 2.26. The molecule has 0 atom stereocenters. The Hall–Kier alpha value is -3.60. The normalized spacial score (nSPS) is 11.7. The first kappa shape index (κ1) is 22.6. The molecule has 0 bridgehead atoms. The molecule has 172 valence electrons. The van der Waals surface area contributed by atoms with Crippen molar-refractivity contribution in [3.63, 3.8) is 0 Å². The molecule has 1 amide bonds. The van der Waals surface area contributed by atoms with Gasteiger partial charge in [0.1, 0.15) is 5.82 Å². The van der Waals surface area contributed by atoms with E-state index in [4.69, 9.17) is 10.9 Å². The highest BCUT2D eigenvalue weighted by atomic mass is 32.2. The molecule has 0 fully saturated rings. The van der Waals surface area contributed by atoms with Gasteiger partial charge in [0.15, 0.2) is 0 Å². The highest BCUT2D eigenvalue weighted by Gasteiger charge is 2.22. The van der Waals surface area contributed by atoms with Gasteiger partial charge in [-0.3, -0.25) is 4.79 Å². The molecule has 33 heavy (non-hydrogen) atoms. The molecule has 0 aliphatic carbocycles. The van der Waals surface area contributed by atoms with Gasteiger partial charge < -0.3 is 11.2 Å². The Morgan fingerprint density at radius 2 is 1.79 bits per heavy atom. The summed E-state index contributed by atoms with van der Waals surface area (Å²) in [7, 11) is 0. The van der Waals surface area contributed by atoms with Crippen LogP contribution in [0, 0.1) is 13.8 Å². The van der Waals surface area contributed by atoms with Crippen LogP contribution in [-0.4, -0.2) is 46.1 Å². The van der Waals surface area contributed by atoms with Gasteiger partial charge in [-0.1, -0.05) is 50.7 Å². The van der Waals surface area contributed by atoms with Gasteiger partial charge in [-0.25, -0.2) is 14.0 Å². The monoisotopic (exact) mass is 465 g/mol. The number of nitrogen functional groups attached to an aromatic ring is 1. The van der Waals surface area contributed by atoms with Crippen LogP contribution >= 0.6 is 11.8 Å². The van der Waals surface area contributed by atoms with Crippen LogP contribution < -0.4 is 11.2 Å². The third-order valence-electron chi connectivity index (χ3n) is 4.92. The Kier molecular flexibility index (Phi) is 5.98. The van der Waals surface area contributed by atoms with E-state index in [2.05, 4.69) is 41.4 Å². The summed E-state index contributed by atoms with van der Waals surface area (Å²) in [5, 5.41) is 20.7. The smallest absolute Gasteiger partial charge is 0.271 e. The van der Waals surface area contributed by atoms with Crippen molar-refractivity contribution >= 4 is 23.5 Å². The highest BCUT2D eigenvalue weighted by molar-refractivity contribution is 7.99. The molecule has 4 rings (SSSR count). The summed E-state index contributed by atoms with van der Waals surface area (Å²) >= 11 is 1.20. The molecule has 3 aromatic heterocycles. The first-order valence-corrected chi connectivity index (χ1v) is 11.4. The summed E-state index contributed by atoms with van der Waals surface area (Å²) in [6, 6.07) is 13.5. The predicted molar refractivity (Wildman–Crippen MR) is 128 cm³/mol. The van der Waals surface area contributed by atoms with E-state index in [0.717, 1.165) is 22.8 Å². The van der Waals surface area contributed by atoms with Gasteiger partial charge in [-0.15, -0.1) is 10.2 Å². The third kappa shape index (κ3) is 4.77. The number of nitrogens with zero attached hydrogens (tertiary/aromatic N) is 7. The molecule has 3 heterocycles. The minimum atomic E-state index is -0.201. The second-order valence-corrected chi connectivity index (χ2v) is 9.68. The minimum absolute atomic E-state index is 0.108. The van der Waals surface area contributed by atoms with Gasteiger partial charge in [0.25, 0.3) is 5.95 Å². The Balaban J connectivity index is 1.50. The molecular formula is C22H27N9OS. The number of rotatable bonds is 6. The van der Waals surface area contributed by atoms with Crippen LogP contribution in [0.25, 0.3) is 11.6 Å². The zero-order chi connectivity index (χ0) is 23.8. The largest absolute Gasteiger partial charge is 0.334 e. The Labute approximate surface area is 196 Å². The summed E-state index contributed by atoms with van der Waals surface area (Å²) in [5.74, 6) is 7.07. The molecule has 0 radical (unpaired) electrons. The number of thioether (sulfide) groups is 1. The molecule has 11 heteroatoms. The number of nitrogens with two attached hydrogens (primary N) is 1. The van der Waals surface area contributed by atoms with Crippen LogP contribution in [0.3, 0.4) is 0 Å². The quantitative estimate of drug-likeness (QED) is 0.332. The van der Waals surface area contributed by atoms with Crippen molar-refractivity contribution in [2.45, 2.75) is 45.2 Å². The maximum absolute atomic E-state index is 12.8. The molecule has 0 aliphatic heterocycles. The molecular weight excluding hydrogens is 438 g/mol. The number of carbonyl (C=O) groups excluding carboxylic acids is 1. The lowest BCUT2D eigenvalue weighted by Gasteiger charge is -2.14. The average molecular weight is 466 g/mol. The number of amides is 1. The SMILES string of the molecule is Cc1cc(C)n(-c2nnc(SCC(=O)Nc3cc(C(C)(C)C)nn3-c3ccccc3)n2N)n1. The number of aryl methyl sites for hydroxylation is 2. The standard InChI is InChI=1S/C22H27N9OS/c1-14-11-15(2)30(27-14)20-25-26-21(29(20)23)33-13-19(32)24-18-12-17(22(3,4)5)28-31(18)16-9-7-6-8-10-16/h6-12H,13,23H2,1-5H3,(H,24,32). The molecule has 4 aromatic rings. The van der Waals surface area contributed by atoms with Gasteiger partial charge in [-0.05, 0) is 32.0 Å². The van der Waals surface area contributed by atoms with Crippen LogP contribution in [0.4, 0.5) is 5.82 Å². The van der Waals surface area contributed by atoms with Crippen LogP contribution in [-0.2, 0) is 10.2 Å². The van der Waals surface area contributed by atoms with Crippen molar-refractivity contribution in [3.05, 3.63) is 59.5 Å². The summed E-state index contributed by atoms with van der Waals surface area (Å²) in [6.45, 7) is 10.1. The van der Waals surface area contributed by atoms with Gasteiger partial charge in [-0.2, -0.15) is 10.2 Å². The topological polar surface area (TPSA) is 121 Å². The molecule has 1 aromatic carbocycles. The lowest BCUT2D eigenvalue weighted by molar-refractivity contribution is -0.113. The van der Waals surface area contributed by atoms with Gasteiger partial charge in [0, 0.05) is 17.2 Å². The van der Waals surface area contributed by atoms with Crippen molar-refractivity contribution in [2.75, 3.05) is 16.9 Å². The Bertz CT molecular complexity index is 1280. The molecule has 3 N–H and O–H groups in total. The predicted octanol–water partition coefficient (Wildman–Crippen LogP) is 3.01. The number of benzene rings is 1. The second kappa shape index (κ2) is 8.74. The lowest BCUT2D eigenvalue weighted by Crippen LogP contribution is -2.19. The summed E-state index contributed by atoms with van der Waals surface area (Å²) < 4.78 is 4.71. The first-order valence-electron chi connectivity index (χ1n) is 10.5. The van der Waals surface area contributed by atoms with E-state index in [1.807, 2.05) is 56.3 Å². The van der Waals surface area contributed by atoms with Gasteiger partial charge in [0.2, 0.25) is 11.1 Å². The molecule has 0 unspecified atom stereocenters. The van der Waals surface area contributed by atoms with Crippen molar-refractivity contribution in [1.29, 1.82) is 0 Å². The van der Waals surface area contributed by atoms with Crippen LogP contribution in [0.15, 0.2) is 47.6 Å². The van der Waals surface area contributed by atoms with Crippen molar-refractivity contribution in [3.8, 4) is 11.6 Å². The minimum Gasteiger partial charge on any atom is -0.334 e. The zero-order valence-corrected chi connectivity index (χ0v) is 20.1. The van der Waals surface area contributed by atoms with Crippen molar-refractivity contribution < 1.29 is 4.79 Å². The molecule has 0 saturated carbocycles. The summed E-state index contributed by atoms with van der Waals surface area (Å²) in [4.78, 5) is 12.8. The molecule has 0 spiro atoms. The average Bonchev–Trinajstić information content (AvgIpc) is 3.43. The van der Waals surface area contributed by atoms with Gasteiger partial charge in [0.05, 0.1) is 22.8 Å². The number of para-hydroxylation sites is 1. The molecule has 0 saturated heterocycles. The van der Waals surface area contributed by atoms with Crippen LogP contribution in [0.5, 0.6) is 0 Å². The fourth-order valence-corrected chi connectivity index (χ4v) is 3.91. The number of hydrogen-bond donors (Lipinski definition) is 2. The van der Waals surface area contributed by atoms with E-state index in [1.165, 1.54) is 16.4 Å². The number of aromatic nitrogens is 7. The molecule has 10 nitrogen and oxygen atoms in total. The van der Waals surface area contributed by atoms with Crippen LogP contribution in [0.2, 0.25) is 0 Å². The number of hydrogen-bond acceptors (Lipinski definition) is 7. The van der Waals surface area contributed by atoms with E-state index in [0.29, 0.717) is 16.9 Å². The second-order valence-electron chi connectivity index (χ2n) is 8.74. The molecule has 0 aliphatic rings. The lowest BCUT2D eigenvalue weighted by atomic mass is 9.92. The fourth-order valence-electron chi connectivity index (χ4n) is 3.26. The zero-order valence-electron chi connectivity index (χ0n) is 19.3. The van der Waals surface area contributed by atoms with Crippen molar-refractivity contribution in [1.82, 2.24) is 34.4 Å². The third-order valence-corrected chi connectivity index (χ3v) is 5.87. The first-order chi connectivity index (χ1) is 15.6. The van der Waals surface area contributed by atoms with E-state index in [1.54, 1.807) is 9.36 Å². The summed E-state index contributed by atoms with van der Waals surface area (Å²) in [5.41, 5.74) is 3.33. The number of nitrogens with one attached hydrogen (secondary N) is 1. The number of carbonyl (C=O) groups is 1. The fraction of sp³-hybridized carbons (Fsp3) is 0.318. The van der Waals surface area contributed by atoms with E-state index >= 15 is 0 Å². The van der Waals surface area contributed by atoms with Gasteiger partial charge >= 0.3 is 0 Å². The number of anilines is 1. The van der Waals surface area contributed by atoms with Crippen molar-refractivity contribution in [2.24, 2.45) is 0 Å². The Morgan fingerprint density at radius 3 is 2.42 bits per heavy atom. The Morgan fingerprint density at radius 1 is 1.06 bits per heavy atom. The van der Waals surface area contributed by atoms with E-state index in [9.17, 15) is 4.79 Å². The maximum Gasteiger partial charge on any atom is 0.271 e. The van der Waals surface area contributed by atoms with E-state index < -0.39 is 0 Å². The summed E-state index contributed by atoms with van der Waals surface area (Å²) in [6.07, 6.45) is 0. The maximum atomic E-state index is 12.8. The van der Waals surface area contributed by atoms with E-state index in [-0.39, 0.29) is 17.1 Å².